The Labute approximate surface area is 117 Å². The third-order valence-corrected chi connectivity index (χ3v) is 3.19. The van der Waals surface area contributed by atoms with Crippen molar-refractivity contribution >= 4 is 22.5 Å². The largest absolute Gasteiger partial charge is 0.507 e. The maximum Gasteiger partial charge on any atom is 0.344 e. The molecule has 0 aliphatic carbocycles. The second kappa shape index (κ2) is 4.48. The molecule has 0 amide bonds. The predicted octanol–water partition coefficient (Wildman–Crippen LogP) is 0.633. The maximum absolute atomic E-state index is 12.2. The molecular formula is C14H10N2O5. The Morgan fingerprint density at radius 3 is 2.71 bits per heavy atom. The van der Waals surface area contributed by atoms with Gasteiger partial charge in [-0.05, 0) is 12.1 Å². The molecule has 21 heavy (non-hydrogen) atoms. The summed E-state index contributed by atoms with van der Waals surface area (Å²) in [7, 11) is 1.12. The summed E-state index contributed by atoms with van der Waals surface area (Å²) < 4.78 is 5.65. The van der Waals surface area contributed by atoms with E-state index < -0.39 is 22.8 Å². The van der Waals surface area contributed by atoms with E-state index in [1.54, 1.807) is 24.3 Å². The van der Waals surface area contributed by atoms with Gasteiger partial charge in [-0.2, -0.15) is 0 Å². The molecule has 0 saturated heterocycles. The van der Waals surface area contributed by atoms with Crippen molar-refractivity contribution in [3.05, 3.63) is 56.6 Å². The highest BCUT2D eigenvalue weighted by Crippen LogP contribution is 2.21. The predicted molar refractivity (Wildman–Crippen MR) is 74.8 cm³/mol. The molecule has 3 aromatic rings. The minimum absolute atomic E-state index is 0.245. The number of carbonyl (C=O) groups excluding carboxylic acids is 1. The Balaban J connectivity index is 2.69. The van der Waals surface area contributed by atoms with Gasteiger partial charge in [0.2, 0.25) is 0 Å². The first-order valence-electron chi connectivity index (χ1n) is 6.02. The lowest BCUT2D eigenvalue weighted by molar-refractivity contribution is 0.0599. The van der Waals surface area contributed by atoms with Crippen molar-refractivity contribution in [3.63, 3.8) is 0 Å². The van der Waals surface area contributed by atoms with Gasteiger partial charge in [-0.3, -0.25) is 14.0 Å². The number of fused-ring (bicyclic) bond motifs is 3. The summed E-state index contributed by atoms with van der Waals surface area (Å²) in [5.74, 6) is -1.49. The summed E-state index contributed by atoms with van der Waals surface area (Å²) in [5, 5.41) is 9.82. The molecule has 2 aromatic heterocycles. The highest BCUT2D eigenvalue weighted by molar-refractivity contribution is 6.00. The van der Waals surface area contributed by atoms with Gasteiger partial charge in [0, 0.05) is 6.07 Å². The van der Waals surface area contributed by atoms with Crippen molar-refractivity contribution in [1.29, 1.82) is 0 Å². The zero-order valence-corrected chi connectivity index (χ0v) is 10.9. The Morgan fingerprint density at radius 1 is 1.29 bits per heavy atom. The van der Waals surface area contributed by atoms with Gasteiger partial charge in [0.05, 0.1) is 18.1 Å². The Kier molecular flexibility index (Phi) is 2.76. The SMILES string of the molecule is COC(=O)c1c(O)cc(=O)n2c1c(=O)[nH]c1ccccc12. The first kappa shape index (κ1) is 12.9. The molecule has 3 rings (SSSR count). The number of benzene rings is 1. The van der Waals surface area contributed by atoms with Crippen LogP contribution >= 0.6 is 0 Å². The molecule has 106 valence electrons. The van der Waals surface area contributed by atoms with Crippen LogP contribution in [-0.2, 0) is 4.74 Å². The number of rotatable bonds is 1. The Bertz CT molecular complexity index is 1000. The molecule has 2 N–H and O–H groups in total. The van der Waals surface area contributed by atoms with Crippen molar-refractivity contribution in [2.24, 2.45) is 0 Å². The van der Waals surface area contributed by atoms with Crippen LogP contribution < -0.4 is 11.1 Å². The molecule has 2 heterocycles. The van der Waals surface area contributed by atoms with Crippen molar-refractivity contribution in [3.8, 4) is 5.75 Å². The van der Waals surface area contributed by atoms with E-state index in [0.717, 1.165) is 17.6 Å². The summed E-state index contributed by atoms with van der Waals surface area (Å²) in [4.78, 5) is 38.7. The molecule has 7 nitrogen and oxygen atoms in total. The number of nitrogens with zero attached hydrogens (tertiary/aromatic N) is 1. The third-order valence-electron chi connectivity index (χ3n) is 3.19. The lowest BCUT2D eigenvalue weighted by Crippen LogP contribution is -2.24. The Hall–Kier alpha value is -3.09. The van der Waals surface area contributed by atoms with E-state index in [0.29, 0.717) is 11.0 Å². The van der Waals surface area contributed by atoms with Crippen LogP contribution in [0.1, 0.15) is 10.4 Å². The molecule has 0 bridgehead atoms. The fourth-order valence-corrected chi connectivity index (χ4v) is 2.31. The second-order valence-electron chi connectivity index (χ2n) is 4.39. The van der Waals surface area contributed by atoms with Crippen molar-refractivity contribution in [2.45, 2.75) is 0 Å². The molecule has 0 fully saturated rings. The van der Waals surface area contributed by atoms with Crippen LogP contribution in [0, 0.1) is 0 Å². The van der Waals surface area contributed by atoms with Crippen molar-refractivity contribution in [2.75, 3.05) is 7.11 Å². The smallest absolute Gasteiger partial charge is 0.344 e. The topological polar surface area (TPSA) is 101 Å². The van der Waals surface area contributed by atoms with Crippen LogP contribution in [0.3, 0.4) is 0 Å². The van der Waals surface area contributed by atoms with Crippen molar-refractivity contribution in [1.82, 2.24) is 9.38 Å². The molecule has 0 aliphatic heterocycles. The fraction of sp³-hybridized carbons (Fsp3) is 0.0714. The maximum atomic E-state index is 12.2. The van der Waals surface area contributed by atoms with Crippen LogP contribution in [0.25, 0.3) is 16.6 Å². The van der Waals surface area contributed by atoms with Crippen LogP contribution in [-0.4, -0.2) is 27.6 Å². The number of aromatic hydroxyl groups is 1. The van der Waals surface area contributed by atoms with Gasteiger partial charge in [0.25, 0.3) is 11.1 Å². The number of hydrogen-bond acceptors (Lipinski definition) is 5. The molecule has 7 heteroatoms. The Morgan fingerprint density at radius 2 is 2.00 bits per heavy atom. The number of para-hydroxylation sites is 2. The van der Waals surface area contributed by atoms with Crippen LogP contribution in [0.15, 0.2) is 39.9 Å². The van der Waals surface area contributed by atoms with E-state index in [-0.39, 0.29) is 11.1 Å². The summed E-state index contributed by atoms with van der Waals surface area (Å²) in [5.41, 5.74) is -1.00. The number of H-pyrrole nitrogens is 1. The number of esters is 1. The van der Waals surface area contributed by atoms with E-state index >= 15 is 0 Å². The molecule has 0 saturated carbocycles. The van der Waals surface area contributed by atoms with Gasteiger partial charge in [-0.25, -0.2) is 4.79 Å². The van der Waals surface area contributed by atoms with E-state index in [9.17, 15) is 19.5 Å². The monoisotopic (exact) mass is 286 g/mol. The zero-order valence-electron chi connectivity index (χ0n) is 10.9. The second-order valence-corrected chi connectivity index (χ2v) is 4.39. The lowest BCUT2D eigenvalue weighted by Gasteiger charge is -2.10. The third kappa shape index (κ3) is 1.78. The summed E-state index contributed by atoms with van der Waals surface area (Å²) >= 11 is 0. The number of hydrogen-bond donors (Lipinski definition) is 2. The van der Waals surface area contributed by atoms with Crippen LogP contribution in [0.4, 0.5) is 0 Å². The first-order chi connectivity index (χ1) is 10.0. The van der Waals surface area contributed by atoms with Crippen LogP contribution in [0.5, 0.6) is 5.75 Å². The summed E-state index contributed by atoms with van der Waals surface area (Å²) in [6, 6.07) is 7.53. The summed E-state index contributed by atoms with van der Waals surface area (Å²) in [6.45, 7) is 0. The first-order valence-corrected chi connectivity index (χ1v) is 6.02. The number of pyridine rings is 1. The van der Waals surface area contributed by atoms with E-state index in [2.05, 4.69) is 9.72 Å². The fourth-order valence-electron chi connectivity index (χ4n) is 2.31. The average molecular weight is 286 g/mol. The van der Waals surface area contributed by atoms with Gasteiger partial charge in [0.1, 0.15) is 16.8 Å². The van der Waals surface area contributed by atoms with Gasteiger partial charge in [0.15, 0.2) is 0 Å². The van der Waals surface area contributed by atoms with Crippen molar-refractivity contribution < 1.29 is 14.6 Å². The normalized spacial score (nSPS) is 10.9. The zero-order chi connectivity index (χ0) is 15.1. The highest BCUT2D eigenvalue weighted by atomic mass is 16.5. The number of aromatic nitrogens is 2. The van der Waals surface area contributed by atoms with Gasteiger partial charge in [-0.1, -0.05) is 12.1 Å². The van der Waals surface area contributed by atoms with Gasteiger partial charge >= 0.3 is 5.97 Å². The lowest BCUT2D eigenvalue weighted by atomic mass is 10.2. The molecule has 1 aromatic carbocycles. The van der Waals surface area contributed by atoms with E-state index in [1.165, 1.54) is 0 Å². The number of ether oxygens (including phenoxy) is 1. The average Bonchev–Trinajstić information content (AvgIpc) is 2.46. The molecular weight excluding hydrogens is 276 g/mol. The summed E-state index contributed by atoms with van der Waals surface area (Å²) in [6.07, 6.45) is 0. The van der Waals surface area contributed by atoms with Gasteiger partial charge in [-0.15, -0.1) is 0 Å². The number of methoxy groups -OCH3 is 1. The molecule has 0 atom stereocenters. The molecule has 0 spiro atoms. The quantitative estimate of drug-likeness (QED) is 0.505. The minimum atomic E-state index is -0.897. The number of aromatic amines is 1. The van der Waals surface area contributed by atoms with Gasteiger partial charge < -0.3 is 14.8 Å². The highest BCUT2D eigenvalue weighted by Gasteiger charge is 2.21. The minimum Gasteiger partial charge on any atom is -0.507 e. The molecule has 0 unspecified atom stereocenters. The van der Waals surface area contributed by atoms with E-state index in [4.69, 9.17) is 0 Å². The number of carbonyl (C=O) groups is 1. The molecule has 0 aliphatic rings. The molecule has 0 radical (unpaired) electrons. The standard InChI is InChI=1S/C14H10N2O5/c1-21-14(20)11-9(17)6-10(18)16-8-5-3-2-4-7(8)15-13(19)12(11)16/h2-6,17H,1H3,(H,15,19). The van der Waals surface area contributed by atoms with Crippen LogP contribution in [0.2, 0.25) is 0 Å². The number of nitrogens with one attached hydrogen (secondary N) is 1. The van der Waals surface area contributed by atoms with E-state index in [1.807, 2.05) is 0 Å².